The zero-order valence-electron chi connectivity index (χ0n) is 15.0. The van der Waals surface area contributed by atoms with Gasteiger partial charge in [-0.05, 0) is 29.2 Å². The van der Waals surface area contributed by atoms with Crippen molar-refractivity contribution >= 4 is 17.4 Å². The van der Waals surface area contributed by atoms with Crippen LogP contribution in [0.15, 0.2) is 30.5 Å². The summed E-state index contributed by atoms with van der Waals surface area (Å²) < 4.78 is 44.5. The van der Waals surface area contributed by atoms with Crippen molar-refractivity contribution in [2.75, 3.05) is 31.7 Å². The van der Waals surface area contributed by atoms with Gasteiger partial charge in [-0.15, -0.1) is 0 Å². The number of nitrogens with one attached hydrogen (secondary N) is 2. The van der Waals surface area contributed by atoms with Gasteiger partial charge in [0.15, 0.2) is 0 Å². The van der Waals surface area contributed by atoms with Crippen LogP contribution < -0.4 is 15.6 Å². The molecule has 1 aromatic carbocycles. The number of anilines is 1. The first-order valence-corrected chi connectivity index (χ1v) is 8.51. The van der Waals surface area contributed by atoms with E-state index < -0.39 is 22.6 Å². The van der Waals surface area contributed by atoms with Crippen LogP contribution in [-0.4, -0.2) is 51.5 Å². The average molecular weight is 414 g/mol. The van der Waals surface area contributed by atoms with E-state index in [1.807, 2.05) is 0 Å². The van der Waals surface area contributed by atoms with Gasteiger partial charge in [0.25, 0.3) is 5.91 Å². The first kappa shape index (κ1) is 20.4. The molecular formula is C16H17F3N6O4. The highest BCUT2D eigenvalue weighted by Gasteiger charge is 2.30. The van der Waals surface area contributed by atoms with Crippen LogP contribution in [0.4, 0.5) is 24.7 Å². The lowest BCUT2D eigenvalue weighted by atomic mass is 10.2. The van der Waals surface area contributed by atoms with E-state index in [4.69, 9.17) is 4.74 Å². The maximum atomic E-state index is 12.5. The average Bonchev–Trinajstić information content (AvgIpc) is 3.04. The van der Waals surface area contributed by atoms with E-state index in [1.54, 1.807) is 4.90 Å². The van der Waals surface area contributed by atoms with E-state index in [0.29, 0.717) is 25.3 Å². The van der Waals surface area contributed by atoms with Crippen LogP contribution in [0.2, 0.25) is 0 Å². The third-order valence-corrected chi connectivity index (χ3v) is 4.14. The second-order valence-corrected chi connectivity index (χ2v) is 6.21. The number of nitro groups is 1. The van der Waals surface area contributed by atoms with Crippen molar-refractivity contribution in [1.82, 2.24) is 19.9 Å². The van der Waals surface area contributed by atoms with E-state index in [1.165, 1.54) is 22.9 Å². The first-order valence-electron chi connectivity index (χ1n) is 8.51. The molecule has 1 aliphatic heterocycles. The molecule has 3 rings (SSSR count). The molecule has 0 radical (unpaired) electrons. The summed E-state index contributed by atoms with van der Waals surface area (Å²) in [6, 6.07) is 4.39. The van der Waals surface area contributed by atoms with Crippen LogP contribution in [0.1, 0.15) is 5.56 Å². The molecule has 0 saturated heterocycles. The van der Waals surface area contributed by atoms with Gasteiger partial charge in [-0.3, -0.25) is 25.1 Å². The number of fused-ring (bicyclic) bond motifs is 1. The van der Waals surface area contributed by atoms with Crippen molar-refractivity contribution in [2.45, 2.75) is 12.7 Å². The van der Waals surface area contributed by atoms with E-state index in [2.05, 4.69) is 15.8 Å². The first-order chi connectivity index (χ1) is 13.7. The molecule has 156 valence electrons. The van der Waals surface area contributed by atoms with Crippen LogP contribution in [0.25, 0.3) is 0 Å². The fourth-order valence-electron chi connectivity index (χ4n) is 2.66. The fraction of sp³-hybridized carbons (Fsp3) is 0.375. The smallest absolute Gasteiger partial charge is 0.416 e. The van der Waals surface area contributed by atoms with Crippen molar-refractivity contribution in [3.8, 4) is 6.01 Å². The maximum Gasteiger partial charge on any atom is 0.416 e. The lowest BCUT2D eigenvalue weighted by Crippen LogP contribution is -2.43. The molecule has 10 nitrogen and oxygen atoms in total. The number of carbonyl (C=O) groups excluding carboxylic acids is 1. The number of amides is 1. The topological polar surface area (TPSA) is 115 Å². The molecule has 0 bridgehead atoms. The van der Waals surface area contributed by atoms with Gasteiger partial charge >= 0.3 is 18.0 Å². The minimum absolute atomic E-state index is 0.00309. The summed E-state index contributed by atoms with van der Waals surface area (Å²) >= 11 is 0. The Morgan fingerprint density at radius 1 is 1.24 bits per heavy atom. The van der Waals surface area contributed by atoms with Crippen molar-refractivity contribution in [3.63, 3.8) is 0 Å². The molecule has 29 heavy (non-hydrogen) atoms. The number of halogens is 3. The van der Waals surface area contributed by atoms with Gasteiger partial charge in [-0.2, -0.15) is 13.2 Å². The van der Waals surface area contributed by atoms with Crippen LogP contribution in [0, 0.1) is 10.1 Å². The van der Waals surface area contributed by atoms with Crippen LogP contribution in [0.5, 0.6) is 6.01 Å². The Bertz CT molecular complexity index is 884. The molecule has 0 aliphatic carbocycles. The quantitative estimate of drug-likeness (QED) is 0.565. The van der Waals surface area contributed by atoms with Crippen molar-refractivity contribution in [2.24, 2.45) is 0 Å². The lowest BCUT2D eigenvalue weighted by molar-refractivity contribution is -0.389. The Labute approximate surface area is 162 Å². The van der Waals surface area contributed by atoms with Gasteiger partial charge in [0.05, 0.1) is 17.8 Å². The predicted molar refractivity (Wildman–Crippen MR) is 94.0 cm³/mol. The van der Waals surface area contributed by atoms with Crippen LogP contribution in [0.3, 0.4) is 0 Å². The fourth-order valence-corrected chi connectivity index (χ4v) is 2.66. The molecule has 0 spiro atoms. The Hall–Kier alpha value is -3.35. The SMILES string of the molecule is O=C(CN1CCOc2nc([N+](=O)[O-])cn2CC1)NNc1ccc(C(F)(F)F)cc1. The van der Waals surface area contributed by atoms with E-state index in [0.717, 1.165) is 12.1 Å². The minimum atomic E-state index is -4.43. The van der Waals surface area contributed by atoms with Crippen molar-refractivity contribution in [1.29, 1.82) is 0 Å². The molecular weight excluding hydrogens is 397 g/mol. The normalized spacial score (nSPS) is 14.9. The highest BCUT2D eigenvalue weighted by Crippen LogP contribution is 2.29. The zero-order valence-corrected chi connectivity index (χ0v) is 15.0. The van der Waals surface area contributed by atoms with Crippen molar-refractivity contribution < 1.29 is 27.6 Å². The molecule has 2 aromatic rings. The second kappa shape index (κ2) is 8.34. The minimum Gasteiger partial charge on any atom is -0.444 e. The van der Waals surface area contributed by atoms with Crippen LogP contribution >= 0.6 is 0 Å². The van der Waals surface area contributed by atoms with Gasteiger partial charge in [0.2, 0.25) is 0 Å². The number of benzene rings is 1. The highest BCUT2D eigenvalue weighted by molar-refractivity contribution is 5.79. The number of carbonyl (C=O) groups is 1. The summed E-state index contributed by atoms with van der Waals surface area (Å²) in [6.45, 7) is 1.36. The molecule has 2 N–H and O–H groups in total. The number of ether oxygens (including phenoxy) is 1. The van der Waals surface area contributed by atoms with Gasteiger partial charge in [0.1, 0.15) is 12.8 Å². The molecule has 0 fully saturated rings. The molecule has 0 atom stereocenters. The summed E-state index contributed by atoms with van der Waals surface area (Å²) in [6.07, 6.45) is -3.16. The summed E-state index contributed by atoms with van der Waals surface area (Å²) in [5, 5.41) is 10.8. The molecule has 1 aliphatic rings. The standard InChI is InChI=1S/C16H17F3N6O4/c17-16(18,19)11-1-3-12(4-2-11)21-22-14(26)10-23-5-6-24-9-13(25(27)28)20-15(24)29-8-7-23/h1-4,9,21H,5-8,10H2,(H,22,26). The second-order valence-electron chi connectivity index (χ2n) is 6.21. The number of rotatable bonds is 5. The largest absolute Gasteiger partial charge is 0.444 e. The number of imidazole rings is 1. The number of aromatic nitrogens is 2. The summed E-state index contributed by atoms with van der Waals surface area (Å²) in [7, 11) is 0. The molecule has 0 saturated carbocycles. The summed E-state index contributed by atoms with van der Waals surface area (Å²) in [5.74, 6) is -0.714. The Balaban J connectivity index is 1.49. The maximum absolute atomic E-state index is 12.5. The van der Waals surface area contributed by atoms with Gasteiger partial charge < -0.3 is 14.9 Å². The van der Waals surface area contributed by atoms with E-state index in [9.17, 15) is 28.1 Å². The van der Waals surface area contributed by atoms with Gasteiger partial charge in [0, 0.05) is 24.6 Å². The third kappa shape index (κ3) is 5.34. The monoisotopic (exact) mass is 414 g/mol. The number of hydrogen-bond acceptors (Lipinski definition) is 7. The zero-order chi connectivity index (χ0) is 21.0. The van der Waals surface area contributed by atoms with E-state index in [-0.39, 0.29) is 25.0 Å². The predicted octanol–water partition coefficient (Wildman–Crippen LogP) is 1.65. The van der Waals surface area contributed by atoms with Gasteiger partial charge in [-0.1, -0.05) is 0 Å². The highest BCUT2D eigenvalue weighted by atomic mass is 19.4. The Morgan fingerprint density at radius 3 is 2.62 bits per heavy atom. The Morgan fingerprint density at radius 2 is 1.97 bits per heavy atom. The number of hydrazine groups is 1. The van der Waals surface area contributed by atoms with E-state index >= 15 is 0 Å². The number of alkyl halides is 3. The molecule has 1 aromatic heterocycles. The van der Waals surface area contributed by atoms with Gasteiger partial charge in [-0.25, -0.2) is 0 Å². The molecule has 0 unspecified atom stereocenters. The lowest BCUT2D eigenvalue weighted by Gasteiger charge is -2.23. The molecule has 2 heterocycles. The number of hydrogen-bond donors (Lipinski definition) is 2. The Kier molecular flexibility index (Phi) is 5.87. The third-order valence-electron chi connectivity index (χ3n) is 4.14. The summed E-state index contributed by atoms with van der Waals surface area (Å²) in [5.41, 5.74) is 4.49. The number of nitrogens with zero attached hydrogens (tertiary/aromatic N) is 4. The van der Waals surface area contributed by atoms with Crippen LogP contribution in [-0.2, 0) is 17.5 Å². The molecule has 1 amide bonds. The molecule has 13 heteroatoms. The summed E-state index contributed by atoms with van der Waals surface area (Å²) in [4.78, 5) is 27.9. The van der Waals surface area contributed by atoms with Crippen molar-refractivity contribution in [3.05, 3.63) is 46.1 Å².